The smallest absolute Gasteiger partial charge is 0.255 e. The summed E-state index contributed by atoms with van der Waals surface area (Å²) in [5.41, 5.74) is 1.67. The fraction of sp³-hybridized carbons (Fsp3) is 0.625. The molecular formula is C24H33N3O3S. The standard InChI is InChI=1S/C24H33N3O3S/c28-22-12-11-21(23(29)26-22)27-16-17-15-19(9-10-20(17)24(27)30)31-14-5-3-1-2-4-13-25-18-7-6-8-18/h9-10,15,18,21,25H,1-8,11-14,16H2,(H,26,28,29). The molecule has 0 spiro atoms. The quantitative estimate of drug-likeness (QED) is 0.310. The molecule has 3 aliphatic rings. The highest BCUT2D eigenvalue weighted by atomic mass is 32.2. The molecule has 7 heteroatoms. The number of thioether (sulfide) groups is 1. The van der Waals surface area contributed by atoms with Gasteiger partial charge in [0.25, 0.3) is 5.91 Å². The fourth-order valence-electron chi connectivity index (χ4n) is 4.51. The summed E-state index contributed by atoms with van der Waals surface area (Å²) in [6, 6.07) is 6.26. The van der Waals surface area contributed by atoms with Crippen molar-refractivity contribution in [1.29, 1.82) is 0 Å². The number of benzene rings is 1. The number of imide groups is 1. The topological polar surface area (TPSA) is 78.5 Å². The van der Waals surface area contributed by atoms with Crippen molar-refractivity contribution in [3.05, 3.63) is 29.3 Å². The third-order valence-corrected chi connectivity index (χ3v) is 7.70. The number of hydrogen-bond acceptors (Lipinski definition) is 5. The highest BCUT2D eigenvalue weighted by molar-refractivity contribution is 7.99. The van der Waals surface area contributed by atoms with Gasteiger partial charge in [-0.2, -0.15) is 0 Å². The largest absolute Gasteiger partial charge is 0.322 e. The number of piperidine rings is 1. The molecule has 1 saturated heterocycles. The molecule has 0 aromatic heterocycles. The van der Waals surface area contributed by atoms with Crippen LogP contribution in [0.2, 0.25) is 0 Å². The van der Waals surface area contributed by atoms with Crippen LogP contribution < -0.4 is 10.6 Å². The second-order valence-electron chi connectivity index (χ2n) is 8.92. The van der Waals surface area contributed by atoms with E-state index in [1.807, 2.05) is 23.9 Å². The van der Waals surface area contributed by atoms with Gasteiger partial charge < -0.3 is 10.2 Å². The highest BCUT2D eigenvalue weighted by Crippen LogP contribution is 2.31. The Labute approximate surface area is 188 Å². The molecule has 6 nitrogen and oxygen atoms in total. The normalized spacial score (nSPS) is 21.2. The van der Waals surface area contributed by atoms with Gasteiger partial charge in [-0.3, -0.25) is 19.7 Å². The third-order valence-electron chi connectivity index (χ3n) is 6.62. The van der Waals surface area contributed by atoms with Crippen LogP contribution in [-0.4, -0.2) is 47.0 Å². The van der Waals surface area contributed by atoms with Crippen molar-refractivity contribution in [3.8, 4) is 0 Å². The average molecular weight is 444 g/mol. The summed E-state index contributed by atoms with van der Waals surface area (Å²) >= 11 is 1.84. The van der Waals surface area contributed by atoms with E-state index in [2.05, 4.69) is 16.7 Å². The molecule has 2 fully saturated rings. The molecule has 1 aromatic carbocycles. The molecule has 4 rings (SSSR count). The van der Waals surface area contributed by atoms with Crippen molar-refractivity contribution < 1.29 is 14.4 Å². The number of nitrogens with one attached hydrogen (secondary N) is 2. The molecule has 1 aliphatic carbocycles. The first-order chi connectivity index (χ1) is 15.1. The highest BCUT2D eigenvalue weighted by Gasteiger charge is 2.39. The molecule has 0 bridgehead atoms. The van der Waals surface area contributed by atoms with E-state index in [1.165, 1.54) is 62.8 Å². The number of nitrogens with zero attached hydrogens (tertiary/aromatic N) is 1. The lowest BCUT2D eigenvalue weighted by atomic mass is 9.93. The van der Waals surface area contributed by atoms with Gasteiger partial charge in [-0.1, -0.05) is 25.7 Å². The second kappa shape index (κ2) is 10.6. The van der Waals surface area contributed by atoms with E-state index in [1.54, 1.807) is 4.90 Å². The maximum atomic E-state index is 12.7. The summed E-state index contributed by atoms with van der Waals surface area (Å²) in [4.78, 5) is 39.1. The van der Waals surface area contributed by atoms with Crippen LogP contribution in [0.3, 0.4) is 0 Å². The molecule has 1 saturated carbocycles. The Morgan fingerprint density at radius 2 is 1.84 bits per heavy atom. The van der Waals surface area contributed by atoms with Gasteiger partial charge in [0.05, 0.1) is 0 Å². The van der Waals surface area contributed by atoms with E-state index in [0.717, 1.165) is 17.4 Å². The van der Waals surface area contributed by atoms with E-state index in [9.17, 15) is 14.4 Å². The average Bonchev–Trinajstić information content (AvgIpc) is 3.04. The van der Waals surface area contributed by atoms with Crippen molar-refractivity contribution in [1.82, 2.24) is 15.5 Å². The van der Waals surface area contributed by atoms with Crippen LogP contribution in [0, 0.1) is 0 Å². The molecule has 2 N–H and O–H groups in total. The lowest BCUT2D eigenvalue weighted by Gasteiger charge is -2.29. The SMILES string of the molecule is O=C1CCC(N2Cc3cc(SCCCCCCCNC4CCC4)ccc3C2=O)C(=O)N1. The van der Waals surface area contributed by atoms with Gasteiger partial charge in [0, 0.05) is 29.5 Å². The van der Waals surface area contributed by atoms with E-state index >= 15 is 0 Å². The zero-order valence-electron chi connectivity index (χ0n) is 18.2. The molecule has 2 aliphatic heterocycles. The van der Waals surface area contributed by atoms with Gasteiger partial charge in [0.1, 0.15) is 6.04 Å². The number of fused-ring (bicyclic) bond motifs is 1. The van der Waals surface area contributed by atoms with E-state index in [0.29, 0.717) is 18.5 Å². The van der Waals surface area contributed by atoms with Crippen molar-refractivity contribution in [2.75, 3.05) is 12.3 Å². The molecule has 3 amide bonds. The summed E-state index contributed by atoms with van der Waals surface area (Å²) < 4.78 is 0. The van der Waals surface area contributed by atoms with E-state index in [-0.39, 0.29) is 24.1 Å². The number of carbonyl (C=O) groups is 3. The maximum Gasteiger partial charge on any atom is 0.255 e. The molecule has 168 valence electrons. The number of amides is 3. The van der Waals surface area contributed by atoms with Gasteiger partial charge >= 0.3 is 0 Å². The number of rotatable bonds is 11. The van der Waals surface area contributed by atoms with Crippen LogP contribution in [0.1, 0.15) is 80.1 Å². The summed E-state index contributed by atoms with van der Waals surface area (Å²) in [6.07, 6.45) is 11.2. The minimum atomic E-state index is -0.544. The van der Waals surface area contributed by atoms with Crippen LogP contribution in [0.5, 0.6) is 0 Å². The number of hydrogen-bond donors (Lipinski definition) is 2. The maximum absolute atomic E-state index is 12.7. The monoisotopic (exact) mass is 443 g/mol. The Morgan fingerprint density at radius 1 is 1.03 bits per heavy atom. The Balaban J connectivity index is 1.15. The Hall–Kier alpha value is -1.86. The van der Waals surface area contributed by atoms with Gasteiger partial charge in [-0.05, 0) is 68.2 Å². The minimum absolute atomic E-state index is 0.104. The van der Waals surface area contributed by atoms with Crippen molar-refractivity contribution >= 4 is 29.5 Å². The molecule has 0 radical (unpaired) electrons. The Kier molecular flexibility index (Phi) is 7.67. The molecular weight excluding hydrogens is 410 g/mol. The van der Waals surface area contributed by atoms with Crippen molar-refractivity contribution in [2.24, 2.45) is 0 Å². The van der Waals surface area contributed by atoms with Gasteiger partial charge in [-0.15, -0.1) is 11.8 Å². The molecule has 2 heterocycles. The lowest BCUT2D eigenvalue weighted by Crippen LogP contribution is -2.52. The van der Waals surface area contributed by atoms with Crippen LogP contribution in [-0.2, 0) is 16.1 Å². The van der Waals surface area contributed by atoms with E-state index in [4.69, 9.17) is 0 Å². The van der Waals surface area contributed by atoms with Crippen LogP contribution in [0.4, 0.5) is 0 Å². The predicted molar refractivity (Wildman–Crippen MR) is 122 cm³/mol. The predicted octanol–water partition coefficient (Wildman–Crippen LogP) is 3.63. The molecule has 1 unspecified atom stereocenters. The first-order valence-electron chi connectivity index (χ1n) is 11.8. The molecule has 1 aromatic rings. The first-order valence-corrected chi connectivity index (χ1v) is 12.7. The Morgan fingerprint density at radius 3 is 2.61 bits per heavy atom. The lowest BCUT2D eigenvalue weighted by molar-refractivity contribution is -0.136. The molecule has 1 atom stereocenters. The molecule has 31 heavy (non-hydrogen) atoms. The summed E-state index contributed by atoms with van der Waals surface area (Å²) in [7, 11) is 0. The zero-order valence-corrected chi connectivity index (χ0v) is 19.0. The third kappa shape index (κ3) is 5.69. The second-order valence-corrected chi connectivity index (χ2v) is 10.1. The van der Waals surface area contributed by atoms with Crippen LogP contribution >= 0.6 is 11.8 Å². The number of unbranched alkanes of at least 4 members (excludes halogenated alkanes) is 4. The van der Waals surface area contributed by atoms with Gasteiger partial charge in [-0.25, -0.2) is 0 Å². The summed E-state index contributed by atoms with van der Waals surface area (Å²) in [5, 5.41) is 5.98. The van der Waals surface area contributed by atoms with Gasteiger partial charge in [0.2, 0.25) is 11.8 Å². The van der Waals surface area contributed by atoms with Gasteiger partial charge in [0.15, 0.2) is 0 Å². The number of carbonyl (C=O) groups excluding carboxylic acids is 3. The van der Waals surface area contributed by atoms with Crippen molar-refractivity contribution in [2.45, 2.75) is 87.7 Å². The minimum Gasteiger partial charge on any atom is -0.322 e. The van der Waals surface area contributed by atoms with E-state index < -0.39 is 6.04 Å². The van der Waals surface area contributed by atoms with Crippen LogP contribution in [0.15, 0.2) is 23.1 Å². The Bertz CT molecular complexity index is 824. The summed E-state index contributed by atoms with van der Waals surface area (Å²) in [6.45, 7) is 1.62. The fourth-order valence-corrected chi connectivity index (χ4v) is 5.48. The van der Waals surface area contributed by atoms with Crippen LogP contribution in [0.25, 0.3) is 0 Å². The summed E-state index contributed by atoms with van der Waals surface area (Å²) in [5.74, 6) is 0.372. The van der Waals surface area contributed by atoms with Crippen molar-refractivity contribution in [3.63, 3.8) is 0 Å². The zero-order chi connectivity index (χ0) is 21.6. The first kappa shape index (κ1) is 22.3.